The fraction of sp³-hybridized carbons (Fsp3) is 0.643. The third kappa shape index (κ3) is 4.16. The molecule has 0 saturated carbocycles. The number of aliphatic hydroxyl groups excluding tert-OH is 1. The van der Waals surface area contributed by atoms with Crippen LogP contribution in [0.2, 0.25) is 0 Å². The summed E-state index contributed by atoms with van der Waals surface area (Å²) in [5, 5.41) is 11.5. The van der Waals surface area contributed by atoms with E-state index in [2.05, 4.69) is 15.3 Å². The van der Waals surface area contributed by atoms with Crippen LogP contribution >= 0.6 is 0 Å². The summed E-state index contributed by atoms with van der Waals surface area (Å²) in [7, 11) is 0. The highest BCUT2D eigenvalue weighted by Crippen LogP contribution is 2.09. The van der Waals surface area contributed by atoms with Crippen LogP contribution in [0.3, 0.4) is 0 Å². The van der Waals surface area contributed by atoms with Crippen molar-refractivity contribution in [2.45, 2.75) is 52.5 Å². The Hall–Kier alpha value is -1.69. The average Bonchev–Trinajstić information content (AvgIpc) is 2.35. The van der Waals surface area contributed by atoms with Gasteiger partial charge < -0.3 is 15.4 Å². The predicted molar refractivity (Wildman–Crippen MR) is 76.9 cm³/mol. The molecule has 1 heterocycles. The van der Waals surface area contributed by atoms with Crippen LogP contribution in [0.1, 0.15) is 61.4 Å². The summed E-state index contributed by atoms with van der Waals surface area (Å²) >= 11 is 0. The van der Waals surface area contributed by atoms with Crippen molar-refractivity contribution in [1.82, 2.24) is 15.3 Å². The molecular weight excluding hydrogens is 258 g/mol. The fourth-order valence-corrected chi connectivity index (χ4v) is 1.91. The van der Waals surface area contributed by atoms with E-state index in [0.29, 0.717) is 24.4 Å². The summed E-state index contributed by atoms with van der Waals surface area (Å²) in [5.41, 5.74) is 0.0858. The van der Waals surface area contributed by atoms with Gasteiger partial charge >= 0.3 is 0 Å². The standard InChI is InChI=1S/C14H23N3O3/c1-8(2)12-16-10(4)11(14(20)17-12)13(19)15-9(3)6-5-7-18/h8-9,18H,5-7H2,1-4H3,(H,15,19)(H,16,17,20). The van der Waals surface area contributed by atoms with E-state index in [1.54, 1.807) is 6.92 Å². The molecule has 0 aliphatic heterocycles. The normalized spacial score (nSPS) is 12.5. The smallest absolute Gasteiger partial charge is 0.264 e. The van der Waals surface area contributed by atoms with Gasteiger partial charge in [-0.3, -0.25) is 9.59 Å². The van der Waals surface area contributed by atoms with Gasteiger partial charge in [0.05, 0.1) is 5.69 Å². The molecule has 112 valence electrons. The number of nitrogens with zero attached hydrogens (tertiary/aromatic N) is 1. The molecule has 0 bridgehead atoms. The van der Waals surface area contributed by atoms with Crippen molar-refractivity contribution in [3.05, 3.63) is 27.4 Å². The van der Waals surface area contributed by atoms with Gasteiger partial charge in [0.1, 0.15) is 11.4 Å². The van der Waals surface area contributed by atoms with Gasteiger partial charge in [-0.15, -0.1) is 0 Å². The van der Waals surface area contributed by atoms with Gasteiger partial charge in [-0.1, -0.05) is 13.8 Å². The molecule has 1 aromatic heterocycles. The molecule has 6 heteroatoms. The number of carbonyl (C=O) groups is 1. The Morgan fingerprint density at radius 1 is 1.40 bits per heavy atom. The highest BCUT2D eigenvalue weighted by molar-refractivity contribution is 5.94. The molecular formula is C14H23N3O3. The summed E-state index contributed by atoms with van der Waals surface area (Å²) in [4.78, 5) is 31.0. The number of hydrogen-bond donors (Lipinski definition) is 3. The largest absolute Gasteiger partial charge is 0.396 e. The molecule has 0 aliphatic carbocycles. The Morgan fingerprint density at radius 3 is 2.55 bits per heavy atom. The van der Waals surface area contributed by atoms with Crippen molar-refractivity contribution in [2.24, 2.45) is 0 Å². The number of amides is 1. The number of nitrogens with one attached hydrogen (secondary N) is 2. The van der Waals surface area contributed by atoms with E-state index in [4.69, 9.17) is 5.11 Å². The summed E-state index contributed by atoms with van der Waals surface area (Å²) in [6, 6.07) is -0.0989. The Kier molecular flexibility index (Phi) is 5.88. The molecule has 1 atom stereocenters. The van der Waals surface area contributed by atoms with Gasteiger partial charge in [-0.25, -0.2) is 4.98 Å². The molecule has 0 radical (unpaired) electrons. The van der Waals surface area contributed by atoms with Crippen LogP contribution in [0.5, 0.6) is 0 Å². The second-order valence-electron chi connectivity index (χ2n) is 5.31. The Labute approximate surface area is 118 Å². The van der Waals surface area contributed by atoms with E-state index in [9.17, 15) is 9.59 Å². The zero-order chi connectivity index (χ0) is 15.3. The molecule has 0 aromatic carbocycles. The van der Waals surface area contributed by atoms with Gasteiger partial charge in [-0.05, 0) is 26.7 Å². The van der Waals surface area contributed by atoms with E-state index in [1.165, 1.54) is 0 Å². The van der Waals surface area contributed by atoms with Gasteiger partial charge in [0, 0.05) is 18.6 Å². The highest BCUT2D eigenvalue weighted by Gasteiger charge is 2.18. The number of aryl methyl sites for hydroxylation is 1. The van der Waals surface area contributed by atoms with Crippen molar-refractivity contribution in [3.63, 3.8) is 0 Å². The van der Waals surface area contributed by atoms with Crippen molar-refractivity contribution in [3.8, 4) is 0 Å². The van der Waals surface area contributed by atoms with Crippen molar-refractivity contribution in [2.75, 3.05) is 6.61 Å². The number of aromatic nitrogens is 2. The highest BCUT2D eigenvalue weighted by atomic mass is 16.3. The number of hydrogen-bond acceptors (Lipinski definition) is 4. The Bertz CT molecular complexity index is 523. The molecule has 1 amide bonds. The van der Waals surface area contributed by atoms with Crippen LogP contribution in [0, 0.1) is 6.92 Å². The SMILES string of the molecule is Cc1nc(C(C)C)[nH]c(=O)c1C(=O)NC(C)CCCO. The minimum Gasteiger partial charge on any atom is -0.396 e. The molecule has 6 nitrogen and oxygen atoms in total. The van der Waals surface area contributed by atoms with Crippen LogP contribution in [0.25, 0.3) is 0 Å². The molecule has 1 rings (SSSR count). The first-order chi connectivity index (χ1) is 9.36. The van der Waals surface area contributed by atoms with Gasteiger partial charge in [0.2, 0.25) is 0 Å². The third-order valence-electron chi connectivity index (χ3n) is 3.07. The third-order valence-corrected chi connectivity index (χ3v) is 3.07. The number of aliphatic hydroxyl groups is 1. The maximum atomic E-state index is 12.1. The van der Waals surface area contributed by atoms with Crippen LogP contribution in [0.15, 0.2) is 4.79 Å². The lowest BCUT2D eigenvalue weighted by Crippen LogP contribution is -2.37. The van der Waals surface area contributed by atoms with Crippen LogP contribution in [0.4, 0.5) is 0 Å². The molecule has 1 aromatic rings. The zero-order valence-corrected chi connectivity index (χ0v) is 12.5. The maximum absolute atomic E-state index is 12.1. The van der Waals surface area contributed by atoms with Crippen molar-refractivity contribution >= 4 is 5.91 Å². The quantitative estimate of drug-likeness (QED) is 0.727. The number of H-pyrrole nitrogens is 1. The minimum atomic E-state index is -0.419. The second-order valence-corrected chi connectivity index (χ2v) is 5.31. The van der Waals surface area contributed by atoms with E-state index in [-0.39, 0.29) is 24.1 Å². The first kappa shape index (κ1) is 16.4. The molecule has 0 spiro atoms. The summed E-state index contributed by atoms with van der Waals surface area (Å²) in [5.74, 6) is 0.261. The van der Waals surface area contributed by atoms with Gasteiger partial charge in [0.25, 0.3) is 11.5 Å². The fourth-order valence-electron chi connectivity index (χ4n) is 1.91. The van der Waals surface area contributed by atoms with Crippen molar-refractivity contribution < 1.29 is 9.90 Å². The van der Waals surface area contributed by atoms with Gasteiger partial charge in [0.15, 0.2) is 0 Å². The summed E-state index contributed by atoms with van der Waals surface area (Å²) in [6.45, 7) is 7.44. The number of aromatic amines is 1. The van der Waals surface area contributed by atoms with E-state index < -0.39 is 11.5 Å². The molecule has 0 saturated heterocycles. The lowest BCUT2D eigenvalue weighted by Gasteiger charge is -2.14. The number of carbonyl (C=O) groups excluding carboxylic acids is 1. The lowest BCUT2D eigenvalue weighted by atomic mass is 10.1. The first-order valence-electron chi connectivity index (χ1n) is 6.89. The maximum Gasteiger partial charge on any atom is 0.264 e. The second kappa shape index (κ2) is 7.19. The molecule has 3 N–H and O–H groups in total. The predicted octanol–water partition coefficient (Wildman–Crippen LogP) is 1.09. The van der Waals surface area contributed by atoms with E-state index in [1.807, 2.05) is 20.8 Å². The zero-order valence-electron chi connectivity index (χ0n) is 12.5. The molecule has 1 unspecified atom stereocenters. The molecule has 20 heavy (non-hydrogen) atoms. The van der Waals surface area contributed by atoms with Crippen LogP contribution in [-0.2, 0) is 0 Å². The number of rotatable bonds is 6. The van der Waals surface area contributed by atoms with Gasteiger partial charge in [-0.2, -0.15) is 0 Å². The monoisotopic (exact) mass is 281 g/mol. The molecule has 0 fully saturated rings. The average molecular weight is 281 g/mol. The topological polar surface area (TPSA) is 95.1 Å². The lowest BCUT2D eigenvalue weighted by molar-refractivity contribution is 0.0933. The minimum absolute atomic E-state index is 0.0604. The van der Waals surface area contributed by atoms with Crippen molar-refractivity contribution in [1.29, 1.82) is 0 Å². The summed E-state index contributed by atoms with van der Waals surface area (Å²) < 4.78 is 0. The Balaban J connectivity index is 2.91. The van der Waals surface area contributed by atoms with Crippen LogP contribution < -0.4 is 10.9 Å². The molecule has 0 aliphatic rings. The van der Waals surface area contributed by atoms with Crippen LogP contribution in [-0.4, -0.2) is 33.6 Å². The Morgan fingerprint density at radius 2 is 2.05 bits per heavy atom. The summed E-state index contributed by atoms with van der Waals surface area (Å²) in [6.07, 6.45) is 1.28. The van der Waals surface area contributed by atoms with E-state index in [0.717, 1.165) is 0 Å². The first-order valence-corrected chi connectivity index (χ1v) is 6.89. The van der Waals surface area contributed by atoms with E-state index >= 15 is 0 Å².